The van der Waals surface area contributed by atoms with Crippen molar-refractivity contribution in [1.82, 2.24) is 35.5 Å². The number of piperidine rings is 1. The number of hydrogen-bond donors (Lipinski definition) is 3. The normalized spacial score (nSPS) is 15.2. The van der Waals surface area contributed by atoms with E-state index in [1.165, 1.54) is 13.5 Å². The molecule has 4 aromatic rings. The number of rotatable bonds is 21. The van der Waals surface area contributed by atoms with Crippen molar-refractivity contribution in [2.75, 3.05) is 65.2 Å². The number of hydrogen-bond acceptors (Lipinski definition) is 14. The summed E-state index contributed by atoms with van der Waals surface area (Å²) < 4.78 is 29.2. The van der Waals surface area contributed by atoms with Gasteiger partial charge in [-0.2, -0.15) is 0 Å². The fraction of sp³-hybridized carbons (Fsp3) is 0.405. The Balaban J connectivity index is 0.788. The summed E-state index contributed by atoms with van der Waals surface area (Å²) in [5.74, 6) is -1.73. The van der Waals surface area contributed by atoms with Crippen LogP contribution < -0.4 is 20.7 Å². The number of anilines is 1. The number of benzene rings is 2. The second-order valence-corrected chi connectivity index (χ2v) is 13.1. The Morgan fingerprint density at radius 3 is 2.55 bits per heavy atom. The van der Waals surface area contributed by atoms with E-state index in [0.29, 0.717) is 99.9 Å². The molecule has 2 aliphatic rings. The first-order valence-electron chi connectivity index (χ1n) is 18.0. The number of halogens is 1. The van der Waals surface area contributed by atoms with Crippen LogP contribution in [0.2, 0.25) is 5.02 Å². The summed E-state index contributed by atoms with van der Waals surface area (Å²) in [4.78, 5) is 67.8. The van der Waals surface area contributed by atoms with Crippen LogP contribution in [0.5, 0.6) is 5.75 Å². The first-order chi connectivity index (χ1) is 27.2. The highest BCUT2D eigenvalue weighted by atomic mass is 35.5. The first-order valence-corrected chi connectivity index (χ1v) is 18.4. The lowest BCUT2D eigenvalue weighted by Crippen LogP contribution is -2.54. The molecule has 2 aromatic heterocycles. The third kappa shape index (κ3) is 9.75. The van der Waals surface area contributed by atoms with Crippen molar-refractivity contribution < 1.29 is 47.3 Å². The Bertz CT molecular complexity index is 2050. The summed E-state index contributed by atoms with van der Waals surface area (Å²) in [6.45, 7) is 3.52. The van der Waals surface area contributed by atoms with Crippen molar-refractivity contribution in [1.29, 1.82) is 0 Å². The Kier molecular flexibility index (Phi) is 13.7. The maximum atomic E-state index is 13.2. The largest absolute Gasteiger partial charge is 0.495 e. The number of fused-ring (bicyclic) bond motifs is 1. The number of methoxy groups -OCH3 is 1. The van der Waals surface area contributed by atoms with Crippen molar-refractivity contribution in [3.8, 4) is 17.1 Å². The van der Waals surface area contributed by atoms with Gasteiger partial charge in [0.05, 0.1) is 75.1 Å². The van der Waals surface area contributed by atoms with Gasteiger partial charge in [0.2, 0.25) is 11.8 Å². The van der Waals surface area contributed by atoms with Gasteiger partial charge >= 0.3 is 0 Å². The zero-order chi connectivity index (χ0) is 39.4. The third-order valence-corrected chi connectivity index (χ3v) is 9.21. The molecule has 1 atom stereocenters. The summed E-state index contributed by atoms with van der Waals surface area (Å²) in [6, 6.07) is 8.96. The van der Waals surface area contributed by atoms with Crippen molar-refractivity contribution in [3.05, 3.63) is 76.5 Å². The zero-order valence-corrected chi connectivity index (χ0v) is 31.3. The third-order valence-electron chi connectivity index (χ3n) is 8.92. The van der Waals surface area contributed by atoms with Gasteiger partial charge in [0.15, 0.2) is 17.8 Å². The van der Waals surface area contributed by atoms with Gasteiger partial charge in [0.1, 0.15) is 11.8 Å². The van der Waals surface area contributed by atoms with Gasteiger partial charge in [0.25, 0.3) is 17.7 Å². The Morgan fingerprint density at radius 1 is 1.00 bits per heavy atom. The number of imide groups is 2. The number of aromatic nitrogens is 4. The van der Waals surface area contributed by atoms with Gasteiger partial charge in [-0.1, -0.05) is 22.9 Å². The summed E-state index contributed by atoms with van der Waals surface area (Å²) in [6.07, 6.45) is 4.47. The molecule has 0 aliphatic carbocycles. The van der Waals surface area contributed by atoms with Crippen molar-refractivity contribution in [2.45, 2.75) is 38.3 Å². The highest BCUT2D eigenvalue weighted by Gasteiger charge is 2.45. The molecule has 56 heavy (non-hydrogen) atoms. The average molecular weight is 793 g/mol. The van der Waals surface area contributed by atoms with E-state index in [-0.39, 0.29) is 35.6 Å². The molecule has 6 rings (SSSR count). The predicted octanol–water partition coefficient (Wildman–Crippen LogP) is 2.52. The van der Waals surface area contributed by atoms with Gasteiger partial charge in [-0.25, -0.2) is 9.67 Å². The van der Waals surface area contributed by atoms with E-state index in [0.717, 1.165) is 10.6 Å². The van der Waals surface area contributed by atoms with E-state index in [1.54, 1.807) is 41.1 Å². The van der Waals surface area contributed by atoms with Crippen LogP contribution in [-0.2, 0) is 36.8 Å². The van der Waals surface area contributed by atoms with Crippen LogP contribution in [0.1, 0.15) is 56.2 Å². The molecule has 1 fully saturated rings. The van der Waals surface area contributed by atoms with Gasteiger partial charge < -0.3 is 34.0 Å². The van der Waals surface area contributed by atoms with E-state index in [9.17, 15) is 24.0 Å². The Labute approximate surface area is 326 Å². The lowest BCUT2D eigenvalue weighted by atomic mass is 10.0. The molecule has 3 N–H and O–H groups in total. The van der Waals surface area contributed by atoms with E-state index >= 15 is 0 Å². The second kappa shape index (κ2) is 19.3. The number of ether oxygens (including phenoxy) is 4. The number of carbonyl (C=O) groups is 5. The number of aryl methyl sites for hydroxylation is 1. The summed E-state index contributed by atoms with van der Waals surface area (Å²) in [7, 11) is 1.52. The molecule has 0 saturated carbocycles. The molecule has 4 heterocycles. The predicted molar refractivity (Wildman–Crippen MR) is 198 cm³/mol. The van der Waals surface area contributed by atoms with Crippen LogP contribution in [0.15, 0.2) is 53.4 Å². The van der Waals surface area contributed by atoms with Crippen LogP contribution in [0.4, 0.5) is 5.69 Å². The Hall–Kier alpha value is -5.69. The fourth-order valence-electron chi connectivity index (χ4n) is 6.16. The summed E-state index contributed by atoms with van der Waals surface area (Å²) in [5, 5.41) is 16.9. The molecule has 296 valence electrons. The maximum absolute atomic E-state index is 13.2. The number of nitrogens with zero attached hydrogens (tertiary/aromatic N) is 5. The maximum Gasteiger partial charge on any atom is 0.273 e. The van der Waals surface area contributed by atoms with Gasteiger partial charge in [0, 0.05) is 37.0 Å². The van der Waals surface area contributed by atoms with Crippen LogP contribution in [0, 0.1) is 0 Å². The number of oxazole rings is 1. The van der Waals surface area contributed by atoms with Crippen molar-refractivity contribution >= 4 is 46.8 Å². The average Bonchev–Trinajstić information content (AvgIpc) is 3.93. The van der Waals surface area contributed by atoms with Gasteiger partial charge in [-0.05, 0) is 49.6 Å². The first kappa shape index (κ1) is 40.0. The lowest BCUT2D eigenvalue weighted by Gasteiger charge is -2.27. The Morgan fingerprint density at radius 2 is 1.79 bits per heavy atom. The molecule has 2 aliphatic heterocycles. The molecule has 19 heteroatoms. The molecule has 1 saturated heterocycles. The molecule has 0 radical (unpaired) electrons. The SMILES string of the molecule is COc1ccc(-c2ocnc2C(=O)NCCCc2cn(CCOCCOCCOCCNc3cccc4c3C(=O)N(C3CCC(=O)NC3=O)C4=O)nn2)cc1Cl. The monoisotopic (exact) mass is 792 g/mol. The molecule has 2 aromatic carbocycles. The quantitative estimate of drug-likeness (QED) is 0.0816. The summed E-state index contributed by atoms with van der Waals surface area (Å²) >= 11 is 6.22. The van der Waals surface area contributed by atoms with Crippen LogP contribution in [0.3, 0.4) is 0 Å². The van der Waals surface area contributed by atoms with Gasteiger partial charge in [-0.15, -0.1) is 5.10 Å². The van der Waals surface area contributed by atoms with Crippen molar-refractivity contribution in [3.63, 3.8) is 0 Å². The molecule has 1 unspecified atom stereocenters. The molecule has 5 amide bonds. The number of carbonyl (C=O) groups excluding carboxylic acids is 5. The van der Waals surface area contributed by atoms with Gasteiger partial charge in [-0.3, -0.25) is 34.2 Å². The lowest BCUT2D eigenvalue weighted by molar-refractivity contribution is -0.136. The summed E-state index contributed by atoms with van der Waals surface area (Å²) in [5.41, 5.74) is 2.44. The molecular formula is C37H41ClN8O10. The van der Waals surface area contributed by atoms with E-state index < -0.39 is 29.7 Å². The molecule has 0 bridgehead atoms. The number of amides is 5. The molecule has 18 nitrogen and oxygen atoms in total. The van der Waals surface area contributed by atoms with Crippen LogP contribution in [-0.4, -0.2) is 120 Å². The minimum atomic E-state index is -1.02. The standard InChI is InChI=1S/C37H41ClN8O10/c1-52-29-9-7-23(20-26(29)38)33-32(41-22-56-33)35(49)40-11-3-4-24-21-45(44-43-24)13-15-54-17-19-55-18-16-53-14-12-39-27-6-2-5-25-31(27)37(51)46(36(25)50)28-8-10-30(47)42-34(28)48/h2,5-7,9,20-22,28,39H,3-4,8,10-19H2,1H3,(H,40,49)(H,42,47,48). The van der Waals surface area contributed by atoms with E-state index in [4.69, 9.17) is 35.0 Å². The minimum absolute atomic E-state index is 0.0568. The van der Waals surface area contributed by atoms with E-state index in [2.05, 4.69) is 31.2 Å². The topological polar surface area (TPSA) is 218 Å². The van der Waals surface area contributed by atoms with Crippen molar-refractivity contribution in [2.24, 2.45) is 0 Å². The fourth-order valence-corrected chi connectivity index (χ4v) is 6.42. The highest BCUT2D eigenvalue weighted by molar-refractivity contribution is 6.32. The molecule has 0 spiro atoms. The van der Waals surface area contributed by atoms with Crippen LogP contribution >= 0.6 is 11.6 Å². The zero-order valence-electron chi connectivity index (χ0n) is 30.6. The van der Waals surface area contributed by atoms with E-state index in [1.807, 2.05) is 6.20 Å². The highest BCUT2D eigenvalue weighted by Crippen LogP contribution is 2.33. The minimum Gasteiger partial charge on any atom is -0.495 e. The second-order valence-electron chi connectivity index (χ2n) is 12.7. The molecular weight excluding hydrogens is 752 g/mol. The number of nitrogens with one attached hydrogen (secondary N) is 3. The van der Waals surface area contributed by atoms with Crippen LogP contribution in [0.25, 0.3) is 11.3 Å². The smallest absolute Gasteiger partial charge is 0.273 e.